The zero-order valence-electron chi connectivity index (χ0n) is 20.9. The number of nitrogens with zero attached hydrogens (tertiary/aromatic N) is 1. The van der Waals surface area contributed by atoms with E-state index in [9.17, 15) is 18.3 Å². The molecule has 0 fully saturated rings. The molecular formula is C26H39ClN3O4S+. The van der Waals surface area contributed by atoms with Crippen LogP contribution in [-0.2, 0) is 28.0 Å². The van der Waals surface area contributed by atoms with Gasteiger partial charge in [0.25, 0.3) is 0 Å². The van der Waals surface area contributed by atoms with Crippen molar-refractivity contribution in [3.8, 4) is 0 Å². The molecule has 7 nitrogen and oxygen atoms in total. The number of halogens is 1. The summed E-state index contributed by atoms with van der Waals surface area (Å²) in [5, 5.41) is 15.3. The Bertz CT molecular complexity index is 1010. The number of benzene rings is 2. The summed E-state index contributed by atoms with van der Waals surface area (Å²) in [6.07, 6.45) is 0.527. The third-order valence-electron chi connectivity index (χ3n) is 6.18. The number of hydrogen-bond donors (Lipinski definition) is 3. The van der Waals surface area contributed by atoms with E-state index < -0.39 is 32.2 Å². The molecule has 0 spiro atoms. The number of nitrogens with one attached hydrogen (secondary N) is 2. The van der Waals surface area contributed by atoms with Crippen LogP contribution in [0.1, 0.15) is 51.2 Å². The summed E-state index contributed by atoms with van der Waals surface area (Å²) < 4.78 is 29.4. The van der Waals surface area contributed by atoms with Crippen molar-refractivity contribution in [2.75, 3.05) is 19.6 Å². The standard InChI is InChI=1S/C26H38ClN3O4S/c1-4-16-30(17-5-2,35(33,34)29-26(32)6-3)24(18-21-12-14-23(27)15-13-21)25(31)20-28-19-22-10-8-7-9-11-22/h7-15,24-25,28,31H,4-6,16-20H2,1-3H3/p+1. The Hall–Kier alpha value is -1.97. The van der Waals surface area contributed by atoms with E-state index >= 15 is 0 Å². The van der Waals surface area contributed by atoms with Gasteiger partial charge in [-0.05, 0) is 36.1 Å². The van der Waals surface area contributed by atoms with Crippen LogP contribution < -0.4 is 10.0 Å². The number of hydrogen-bond acceptors (Lipinski definition) is 5. The summed E-state index contributed by atoms with van der Waals surface area (Å²) in [6.45, 7) is 6.75. The van der Waals surface area contributed by atoms with Gasteiger partial charge in [-0.2, -0.15) is 12.3 Å². The topological polar surface area (TPSA) is 95.5 Å². The van der Waals surface area contributed by atoms with Crippen LogP contribution in [-0.4, -0.2) is 55.1 Å². The highest BCUT2D eigenvalue weighted by molar-refractivity contribution is 7.84. The van der Waals surface area contributed by atoms with Crippen molar-refractivity contribution < 1.29 is 22.2 Å². The van der Waals surface area contributed by atoms with Crippen molar-refractivity contribution in [1.29, 1.82) is 0 Å². The summed E-state index contributed by atoms with van der Waals surface area (Å²) in [7, 11) is -4.15. The van der Waals surface area contributed by atoms with Gasteiger partial charge in [0.15, 0.2) is 0 Å². The minimum absolute atomic E-state index is 0.0561. The van der Waals surface area contributed by atoms with E-state index in [4.69, 9.17) is 11.6 Å². The van der Waals surface area contributed by atoms with Crippen molar-refractivity contribution in [2.45, 2.75) is 65.1 Å². The molecule has 0 aromatic heterocycles. The molecule has 2 atom stereocenters. The van der Waals surface area contributed by atoms with Crippen molar-refractivity contribution >= 4 is 27.7 Å². The first-order valence-electron chi connectivity index (χ1n) is 12.3. The van der Waals surface area contributed by atoms with Crippen molar-refractivity contribution in [3.05, 3.63) is 70.7 Å². The predicted molar refractivity (Wildman–Crippen MR) is 141 cm³/mol. The van der Waals surface area contributed by atoms with Crippen LogP contribution >= 0.6 is 11.6 Å². The maximum atomic E-state index is 13.8. The fraction of sp³-hybridized carbons (Fsp3) is 0.500. The fourth-order valence-corrected chi connectivity index (χ4v) is 6.66. The number of carbonyl (C=O) groups excluding carboxylic acids is 1. The van der Waals surface area contributed by atoms with Crippen LogP contribution in [0.3, 0.4) is 0 Å². The van der Waals surface area contributed by atoms with Gasteiger partial charge in [0.05, 0.1) is 13.1 Å². The van der Waals surface area contributed by atoms with Crippen molar-refractivity contribution in [2.24, 2.45) is 0 Å². The van der Waals surface area contributed by atoms with Crippen LogP contribution in [0.2, 0.25) is 5.02 Å². The summed E-state index contributed by atoms with van der Waals surface area (Å²) in [5.41, 5.74) is 1.94. The minimum atomic E-state index is -4.15. The first-order chi connectivity index (χ1) is 16.7. The highest BCUT2D eigenvalue weighted by Crippen LogP contribution is 2.28. The van der Waals surface area contributed by atoms with Crippen molar-refractivity contribution in [1.82, 2.24) is 10.0 Å². The number of aliphatic hydroxyl groups is 1. The summed E-state index contributed by atoms with van der Waals surface area (Å²) >= 11 is 6.07. The third-order valence-corrected chi connectivity index (χ3v) is 8.51. The summed E-state index contributed by atoms with van der Waals surface area (Å²) in [4.78, 5) is 12.2. The van der Waals surface area contributed by atoms with Crippen molar-refractivity contribution in [3.63, 3.8) is 0 Å². The average molecular weight is 525 g/mol. The van der Waals surface area contributed by atoms with E-state index in [0.29, 0.717) is 30.8 Å². The van der Waals surface area contributed by atoms with Gasteiger partial charge in [-0.15, -0.1) is 0 Å². The highest BCUT2D eigenvalue weighted by Gasteiger charge is 2.51. The van der Waals surface area contributed by atoms with Crippen LogP contribution in [0.4, 0.5) is 0 Å². The molecular weight excluding hydrogens is 486 g/mol. The second-order valence-electron chi connectivity index (χ2n) is 8.84. The molecule has 0 radical (unpaired) electrons. The molecule has 2 unspecified atom stereocenters. The van der Waals surface area contributed by atoms with E-state index in [1.807, 2.05) is 56.3 Å². The predicted octanol–water partition coefficient (Wildman–Crippen LogP) is 3.81. The van der Waals surface area contributed by atoms with Gasteiger partial charge in [0.2, 0.25) is 5.91 Å². The molecule has 194 valence electrons. The number of aliphatic hydroxyl groups excluding tert-OH is 1. The van der Waals surface area contributed by atoms with E-state index in [1.54, 1.807) is 19.1 Å². The monoisotopic (exact) mass is 524 g/mol. The molecule has 0 aliphatic rings. The molecule has 0 aliphatic carbocycles. The number of quaternary nitrogens is 1. The molecule has 2 rings (SSSR count). The Balaban J connectivity index is 2.46. The molecule has 3 N–H and O–H groups in total. The van der Waals surface area contributed by atoms with Gasteiger partial charge in [0.1, 0.15) is 12.1 Å². The highest BCUT2D eigenvalue weighted by atomic mass is 35.5. The lowest BCUT2D eigenvalue weighted by Crippen LogP contribution is -2.68. The largest absolute Gasteiger partial charge is 0.396 e. The van der Waals surface area contributed by atoms with Gasteiger partial charge >= 0.3 is 10.2 Å². The zero-order chi connectivity index (χ0) is 25.9. The van der Waals surface area contributed by atoms with Gasteiger partial charge in [0, 0.05) is 31.0 Å². The normalized spacial score (nSPS) is 13.9. The van der Waals surface area contributed by atoms with Crippen LogP contribution in [0.25, 0.3) is 0 Å². The lowest BCUT2D eigenvalue weighted by molar-refractivity contribution is -0.838. The van der Waals surface area contributed by atoms with Crippen LogP contribution in [0.5, 0.6) is 0 Å². The first-order valence-corrected chi connectivity index (χ1v) is 14.1. The van der Waals surface area contributed by atoms with E-state index in [0.717, 1.165) is 11.1 Å². The molecule has 35 heavy (non-hydrogen) atoms. The van der Waals surface area contributed by atoms with Gasteiger partial charge in [-0.25, -0.2) is 4.72 Å². The summed E-state index contributed by atoms with van der Waals surface area (Å²) in [5.74, 6) is -0.554. The lowest BCUT2D eigenvalue weighted by Gasteiger charge is -2.44. The Labute approximate surface area is 215 Å². The Morgan fingerprint density at radius 1 is 0.971 bits per heavy atom. The molecule has 2 aromatic rings. The molecule has 0 aliphatic heterocycles. The number of amides is 1. The van der Waals surface area contributed by atoms with E-state index in [-0.39, 0.29) is 26.1 Å². The smallest absolute Gasteiger partial charge is 0.386 e. The average Bonchev–Trinajstić information content (AvgIpc) is 2.83. The molecule has 0 heterocycles. The molecule has 1 amide bonds. The van der Waals surface area contributed by atoms with E-state index in [2.05, 4.69) is 10.0 Å². The second-order valence-corrected chi connectivity index (χ2v) is 11.2. The number of rotatable bonds is 15. The van der Waals surface area contributed by atoms with E-state index in [1.165, 1.54) is 0 Å². The van der Waals surface area contributed by atoms with Crippen LogP contribution in [0, 0.1) is 0 Å². The molecule has 0 saturated heterocycles. The number of carbonyl (C=O) groups is 1. The molecule has 9 heteroatoms. The fourth-order valence-electron chi connectivity index (χ4n) is 4.50. The molecule has 0 bridgehead atoms. The lowest BCUT2D eigenvalue weighted by atomic mass is 9.98. The Kier molecular flexibility index (Phi) is 11.7. The first kappa shape index (κ1) is 29.3. The summed E-state index contributed by atoms with van der Waals surface area (Å²) in [6, 6.07) is 16.3. The Morgan fingerprint density at radius 3 is 2.11 bits per heavy atom. The maximum absolute atomic E-state index is 13.8. The SMILES string of the molecule is CCC[N+](CCC)(C(Cc1ccc(Cl)cc1)C(O)CNCc1ccccc1)S(=O)(=O)NC(=O)CC. The van der Waals surface area contributed by atoms with Gasteiger partial charge in [-0.3, -0.25) is 4.79 Å². The Morgan fingerprint density at radius 2 is 1.57 bits per heavy atom. The maximum Gasteiger partial charge on any atom is 0.396 e. The quantitative estimate of drug-likeness (QED) is 0.308. The molecule has 2 aromatic carbocycles. The minimum Gasteiger partial charge on any atom is -0.386 e. The van der Waals surface area contributed by atoms with Gasteiger partial charge < -0.3 is 10.4 Å². The zero-order valence-corrected chi connectivity index (χ0v) is 22.5. The van der Waals surface area contributed by atoms with Crippen LogP contribution in [0.15, 0.2) is 54.6 Å². The molecule has 0 saturated carbocycles. The third kappa shape index (κ3) is 8.02. The second kappa shape index (κ2) is 13.9. The van der Waals surface area contributed by atoms with Gasteiger partial charge in [-0.1, -0.05) is 74.8 Å².